The number of benzene rings is 2. The van der Waals surface area contributed by atoms with E-state index in [0.29, 0.717) is 30.0 Å². The lowest BCUT2D eigenvalue weighted by Crippen LogP contribution is -2.31. The molecule has 0 aromatic heterocycles. The first-order chi connectivity index (χ1) is 12.4. The number of nitrogens with one attached hydrogen (secondary N) is 1. The lowest BCUT2D eigenvalue weighted by Gasteiger charge is -2.25. The third-order valence-electron chi connectivity index (χ3n) is 4.29. The summed E-state index contributed by atoms with van der Waals surface area (Å²) in [5, 5.41) is 3.36. The van der Waals surface area contributed by atoms with E-state index in [9.17, 15) is 14.0 Å². The molecular formula is C20H22ClFN2O2. The van der Waals surface area contributed by atoms with Crippen molar-refractivity contribution in [2.45, 2.75) is 25.8 Å². The molecule has 0 aliphatic heterocycles. The molecule has 6 heteroatoms. The zero-order valence-corrected chi connectivity index (χ0v) is 15.6. The molecular weight excluding hydrogens is 355 g/mol. The van der Waals surface area contributed by atoms with Gasteiger partial charge in [-0.1, -0.05) is 23.7 Å². The van der Waals surface area contributed by atoms with Crippen molar-refractivity contribution in [2.24, 2.45) is 0 Å². The largest absolute Gasteiger partial charge is 0.352 e. The van der Waals surface area contributed by atoms with Crippen molar-refractivity contribution in [3.05, 3.63) is 70.5 Å². The minimum Gasteiger partial charge on any atom is -0.352 e. The highest BCUT2D eigenvalue weighted by Crippen LogP contribution is 2.20. The summed E-state index contributed by atoms with van der Waals surface area (Å²) in [5.74, 6) is -0.518. The second-order valence-electron chi connectivity index (χ2n) is 6.10. The van der Waals surface area contributed by atoms with Gasteiger partial charge in [0, 0.05) is 30.6 Å². The number of hydrogen-bond donors (Lipinski definition) is 1. The number of hydrogen-bond acceptors (Lipinski definition) is 2. The van der Waals surface area contributed by atoms with Crippen LogP contribution in [0.3, 0.4) is 0 Å². The number of halogens is 2. The van der Waals surface area contributed by atoms with E-state index in [-0.39, 0.29) is 23.7 Å². The van der Waals surface area contributed by atoms with E-state index >= 15 is 0 Å². The molecule has 2 aromatic carbocycles. The van der Waals surface area contributed by atoms with Crippen LogP contribution >= 0.6 is 11.6 Å². The minimum absolute atomic E-state index is 0.0254. The summed E-state index contributed by atoms with van der Waals surface area (Å²) in [5.41, 5.74) is 1.40. The van der Waals surface area contributed by atoms with Gasteiger partial charge in [-0.3, -0.25) is 9.59 Å². The number of nitrogens with zero attached hydrogens (tertiary/aromatic N) is 1. The van der Waals surface area contributed by atoms with E-state index in [1.54, 1.807) is 48.3 Å². The van der Waals surface area contributed by atoms with E-state index in [2.05, 4.69) is 5.32 Å². The van der Waals surface area contributed by atoms with Crippen molar-refractivity contribution in [2.75, 3.05) is 13.6 Å². The average molecular weight is 377 g/mol. The molecule has 0 radical (unpaired) electrons. The molecule has 2 aromatic rings. The maximum atomic E-state index is 13.0. The van der Waals surface area contributed by atoms with Gasteiger partial charge in [-0.2, -0.15) is 0 Å². The number of rotatable bonds is 7. The average Bonchev–Trinajstić information content (AvgIpc) is 2.64. The molecule has 1 atom stereocenters. The fourth-order valence-corrected chi connectivity index (χ4v) is 2.63. The SMILES string of the molecule is C[C@H](c1ccc(F)cc1)N(C)C(=O)CCCNC(=O)c1ccc(Cl)cc1. The van der Waals surface area contributed by atoms with Gasteiger partial charge in [-0.15, -0.1) is 0 Å². The molecule has 2 rings (SSSR count). The lowest BCUT2D eigenvalue weighted by atomic mass is 10.1. The highest BCUT2D eigenvalue weighted by Gasteiger charge is 2.17. The maximum absolute atomic E-state index is 13.0. The van der Waals surface area contributed by atoms with Gasteiger partial charge in [-0.25, -0.2) is 4.39 Å². The van der Waals surface area contributed by atoms with Crippen LogP contribution in [0, 0.1) is 5.82 Å². The molecule has 0 unspecified atom stereocenters. The summed E-state index contributed by atoms with van der Waals surface area (Å²) < 4.78 is 13.0. The van der Waals surface area contributed by atoms with Gasteiger partial charge < -0.3 is 10.2 Å². The van der Waals surface area contributed by atoms with Crippen molar-refractivity contribution >= 4 is 23.4 Å². The molecule has 2 amide bonds. The van der Waals surface area contributed by atoms with Crippen molar-refractivity contribution in [3.63, 3.8) is 0 Å². The fraction of sp³-hybridized carbons (Fsp3) is 0.300. The van der Waals surface area contributed by atoms with Gasteiger partial charge in [-0.05, 0) is 55.3 Å². The molecule has 138 valence electrons. The Morgan fingerprint density at radius 3 is 2.35 bits per heavy atom. The first kappa shape index (κ1) is 19.9. The second-order valence-corrected chi connectivity index (χ2v) is 6.53. The Labute approximate surface area is 158 Å². The van der Waals surface area contributed by atoms with E-state index in [4.69, 9.17) is 11.6 Å². The van der Waals surface area contributed by atoms with Gasteiger partial charge in [0.15, 0.2) is 0 Å². The Balaban J connectivity index is 1.76. The van der Waals surface area contributed by atoms with Crippen molar-refractivity contribution < 1.29 is 14.0 Å². The first-order valence-electron chi connectivity index (χ1n) is 8.43. The zero-order valence-electron chi connectivity index (χ0n) is 14.8. The van der Waals surface area contributed by atoms with Gasteiger partial charge in [0.2, 0.25) is 5.91 Å². The summed E-state index contributed by atoms with van der Waals surface area (Å²) in [6.45, 7) is 2.30. The number of amides is 2. The van der Waals surface area contributed by atoms with Crippen molar-refractivity contribution in [1.82, 2.24) is 10.2 Å². The number of carbonyl (C=O) groups excluding carboxylic acids is 2. The predicted octanol–water partition coefficient (Wildman–Crippen LogP) is 4.21. The molecule has 0 aliphatic carbocycles. The highest BCUT2D eigenvalue weighted by molar-refractivity contribution is 6.30. The van der Waals surface area contributed by atoms with Gasteiger partial charge in [0.25, 0.3) is 5.91 Å². The van der Waals surface area contributed by atoms with E-state index in [0.717, 1.165) is 5.56 Å². The molecule has 0 aliphatic rings. The Morgan fingerprint density at radius 1 is 1.12 bits per heavy atom. The summed E-state index contributed by atoms with van der Waals surface area (Å²) >= 11 is 5.79. The van der Waals surface area contributed by atoms with E-state index in [1.807, 2.05) is 6.92 Å². The Bertz CT molecular complexity index is 747. The van der Waals surface area contributed by atoms with Crippen molar-refractivity contribution in [3.8, 4) is 0 Å². The topological polar surface area (TPSA) is 49.4 Å². The smallest absolute Gasteiger partial charge is 0.251 e. The zero-order chi connectivity index (χ0) is 19.1. The quantitative estimate of drug-likeness (QED) is 0.736. The Morgan fingerprint density at radius 2 is 1.73 bits per heavy atom. The van der Waals surface area contributed by atoms with Crippen LogP contribution < -0.4 is 5.32 Å². The molecule has 26 heavy (non-hydrogen) atoms. The monoisotopic (exact) mass is 376 g/mol. The molecule has 0 bridgehead atoms. The van der Waals surface area contributed by atoms with Crippen LogP contribution in [0.1, 0.15) is 41.7 Å². The van der Waals surface area contributed by atoms with Crippen LogP contribution in [0.5, 0.6) is 0 Å². The van der Waals surface area contributed by atoms with Crippen molar-refractivity contribution in [1.29, 1.82) is 0 Å². The third-order valence-corrected chi connectivity index (χ3v) is 4.54. The second kappa shape index (κ2) is 9.34. The third kappa shape index (κ3) is 5.56. The van der Waals surface area contributed by atoms with E-state index < -0.39 is 0 Å². The van der Waals surface area contributed by atoms with Crippen LogP contribution in [0.15, 0.2) is 48.5 Å². The maximum Gasteiger partial charge on any atom is 0.251 e. The molecule has 0 heterocycles. The Kier molecular flexibility index (Phi) is 7.16. The fourth-order valence-electron chi connectivity index (χ4n) is 2.50. The standard InChI is InChI=1S/C20H22ClFN2O2/c1-14(15-7-11-18(22)12-8-15)24(2)19(25)4-3-13-23-20(26)16-5-9-17(21)10-6-16/h5-12,14H,3-4,13H2,1-2H3,(H,23,26)/t14-/m1/s1. The van der Waals surface area contributed by atoms with Gasteiger partial charge >= 0.3 is 0 Å². The summed E-state index contributed by atoms with van der Waals surface area (Å²) in [6.07, 6.45) is 0.863. The van der Waals surface area contributed by atoms with Crippen LogP contribution in [0.4, 0.5) is 4.39 Å². The van der Waals surface area contributed by atoms with Crippen LogP contribution in [0.25, 0.3) is 0 Å². The normalized spacial score (nSPS) is 11.7. The highest BCUT2D eigenvalue weighted by atomic mass is 35.5. The molecule has 4 nitrogen and oxygen atoms in total. The molecule has 0 saturated heterocycles. The summed E-state index contributed by atoms with van der Waals surface area (Å²) in [6, 6.07) is 12.6. The van der Waals surface area contributed by atoms with Crippen LogP contribution in [-0.4, -0.2) is 30.3 Å². The van der Waals surface area contributed by atoms with Crippen LogP contribution in [0.2, 0.25) is 5.02 Å². The molecule has 0 saturated carbocycles. The van der Waals surface area contributed by atoms with E-state index in [1.165, 1.54) is 12.1 Å². The molecule has 1 N–H and O–H groups in total. The lowest BCUT2D eigenvalue weighted by molar-refractivity contribution is -0.131. The minimum atomic E-state index is -0.300. The van der Waals surface area contributed by atoms with Gasteiger partial charge in [0.05, 0.1) is 6.04 Å². The summed E-state index contributed by atoms with van der Waals surface area (Å²) in [7, 11) is 1.72. The Hall–Kier alpha value is -2.40. The van der Waals surface area contributed by atoms with Crippen LogP contribution in [-0.2, 0) is 4.79 Å². The summed E-state index contributed by atoms with van der Waals surface area (Å²) in [4.78, 5) is 25.9. The van der Waals surface area contributed by atoms with Gasteiger partial charge in [0.1, 0.15) is 5.82 Å². The number of carbonyl (C=O) groups is 2. The predicted molar refractivity (Wildman–Crippen MR) is 101 cm³/mol. The molecule has 0 spiro atoms. The molecule has 0 fully saturated rings. The first-order valence-corrected chi connectivity index (χ1v) is 8.81.